The molecule has 0 aromatic carbocycles. The van der Waals surface area contributed by atoms with Crippen molar-refractivity contribution in [2.75, 3.05) is 31.1 Å². The zero-order valence-electron chi connectivity index (χ0n) is 13.2. The highest BCUT2D eigenvalue weighted by Gasteiger charge is 2.31. The van der Waals surface area contributed by atoms with Crippen LogP contribution in [-0.2, 0) is 0 Å². The Hall–Kier alpha value is -2.02. The molecule has 1 aliphatic heterocycles. The number of nitrogens with zero attached hydrogens (tertiary/aromatic N) is 5. The Morgan fingerprint density at radius 1 is 1.26 bits per heavy atom. The van der Waals surface area contributed by atoms with E-state index in [1.54, 1.807) is 12.3 Å². The Morgan fingerprint density at radius 3 is 2.74 bits per heavy atom. The van der Waals surface area contributed by atoms with Crippen LogP contribution in [0.4, 0.5) is 10.2 Å². The van der Waals surface area contributed by atoms with E-state index in [4.69, 9.17) is 4.52 Å². The van der Waals surface area contributed by atoms with E-state index in [-0.39, 0.29) is 11.9 Å². The molecule has 2 aromatic heterocycles. The van der Waals surface area contributed by atoms with Crippen LogP contribution in [0, 0.1) is 5.82 Å². The summed E-state index contributed by atoms with van der Waals surface area (Å²) in [5.74, 6) is 2.21. The third-order valence-corrected chi connectivity index (χ3v) is 4.66. The van der Waals surface area contributed by atoms with Crippen molar-refractivity contribution in [1.82, 2.24) is 20.0 Å². The average Bonchev–Trinajstić information content (AvgIpc) is 3.32. The van der Waals surface area contributed by atoms with Crippen molar-refractivity contribution in [3.63, 3.8) is 0 Å². The van der Waals surface area contributed by atoms with E-state index in [2.05, 4.69) is 26.9 Å². The first-order valence-corrected chi connectivity index (χ1v) is 8.15. The highest BCUT2D eigenvalue weighted by molar-refractivity contribution is 5.40. The van der Waals surface area contributed by atoms with Crippen molar-refractivity contribution in [2.45, 2.75) is 31.7 Å². The van der Waals surface area contributed by atoms with E-state index in [0.717, 1.165) is 32.0 Å². The molecule has 0 N–H and O–H groups in total. The van der Waals surface area contributed by atoms with Crippen LogP contribution < -0.4 is 4.90 Å². The quantitative estimate of drug-likeness (QED) is 0.863. The van der Waals surface area contributed by atoms with Crippen molar-refractivity contribution >= 4 is 5.82 Å². The Morgan fingerprint density at radius 2 is 2.04 bits per heavy atom. The predicted molar refractivity (Wildman–Crippen MR) is 82.7 cm³/mol. The van der Waals surface area contributed by atoms with E-state index in [1.807, 2.05) is 4.90 Å². The van der Waals surface area contributed by atoms with Gasteiger partial charge in [-0.15, -0.1) is 0 Å². The molecule has 3 heterocycles. The Kier molecular flexibility index (Phi) is 3.72. The van der Waals surface area contributed by atoms with Crippen LogP contribution in [0.3, 0.4) is 0 Å². The summed E-state index contributed by atoms with van der Waals surface area (Å²) in [5, 5.41) is 4.09. The minimum absolute atomic E-state index is 0.0886. The highest BCUT2D eigenvalue weighted by Crippen LogP contribution is 2.38. The van der Waals surface area contributed by atoms with E-state index in [0.29, 0.717) is 17.6 Å². The number of pyridine rings is 1. The average molecular weight is 317 g/mol. The summed E-state index contributed by atoms with van der Waals surface area (Å²) in [5.41, 5.74) is 0. The lowest BCUT2D eigenvalue weighted by Gasteiger charge is -2.37. The van der Waals surface area contributed by atoms with Gasteiger partial charge in [0.2, 0.25) is 5.89 Å². The van der Waals surface area contributed by atoms with Gasteiger partial charge in [0.25, 0.3) is 0 Å². The van der Waals surface area contributed by atoms with Crippen molar-refractivity contribution in [2.24, 2.45) is 0 Å². The molecule has 4 rings (SSSR count). The SMILES string of the molecule is CC(c1nc(C2CC2)no1)N1CCN(c2ncccc2F)CC1. The van der Waals surface area contributed by atoms with E-state index < -0.39 is 0 Å². The summed E-state index contributed by atoms with van der Waals surface area (Å²) in [4.78, 5) is 13.0. The maximum Gasteiger partial charge on any atom is 0.243 e. The zero-order chi connectivity index (χ0) is 15.8. The van der Waals surface area contributed by atoms with Crippen molar-refractivity contribution in [3.8, 4) is 0 Å². The first kappa shape index (κ1) is 14.6. The molecule has 2 fully saturated rings. The second-order valence-electron chi connectivity index (χ2n) is 6.27. The maximum absolute atomic E-state index is 13.8. The molecule has 23 heavy (non-hydrogen) atoms. The molecule has 1 atom stereocenters. The van der Waals surface area contributed by atoms with Crippen molar-refractivity contribution in [3.05, 3.63) is 35.9 Å². The van der Waals surface area contributed by atoms with Crippen molar-refractivity contribution in [1.29, 1.82) is 0 Å². The summed E-state index contributed by atoms with van der Waals surface area (Å²) in [6.07, 6.45) is 3.97. The van der Waals surface area contributed by atoms with E-state index in [1.165, 1.54) is 18.9 Å². The fraction of sp³-hybridized carbons (Fsp3) is 0.562. The van der Waals surface area contributed by atoms with Gasteiger partial charge in [-0.2, -0.15) is 4.98 Å². The molecule has 0 amide bonds. The third-order valence-electron chi connectivity index (χ3n) is 4.66. The topological polar surface area (TPSA) is 58.3 Å². The fourth-order valence-corrected chi connectivity index (χ4v) is 3.01. The predicted octanol–water partition coefficient (Wildman–Crippen LogP) is 2.36. The van der Waals surface area contributed by atoms with Gasteiger partial charge in [-0.1, -0.05) is 5.16 Å². The first-order chi connectivity index (χ1) is 11.2. The Labute approximate surface area is 134 Å². The van der Waals surface area contributed by atoms with E-state index in [9.17, 15) is 4.39 Å². The minimum Gasteiger partial charge on any atom is -0.352 e. The normalized spacial score (nSPS) is 20.7. The number of anilines is 1. The number of rotatable bonds is 4. The molecule has 0 bridgehead atoms. The molecule has 7 heteroatoms. The Balaban J connectivity index is 1.39. The van der Waals surface area contributed by atoms with Gasteiger partial charge in [-0.05, 0) is 31.9 Å². The van der Waals surface area contributed by atoms with Gasteiger partial charge >= 0.3 is 0 Å². The van der Waals surface area contributed by atoms with E-state index >= 15 is 0 Å². The molecule has 0 radical (unpaired) electrons. The minimum atomic E-state index is -0.264. The maximum atomic E-state index is 13.8. The number of piperazine rings is 1. The summed E-state index contributed by atoms with van der Waals surface area (Å²) in [7, 11) is 0. The highest BCUT2D eigenvalue weighted by atomic mass is 19.1. The third kappa shape index (κ3) is 2.93. The van der Waals surface area contributed by atoms with Gasteiger partial charge in [-0.3, -0.25) is 4.90 Å². The van der Waals surface area contributed by atoms with Gasteiger partial charge in [-0.25, -0.2) is 9.37 Å². The van der Waals surface area contributed by atoms with Crippen LogP contribution in [-0.4, -0.2) is 46.2 Å². The second-order valence-corrected chi connectivity index (χ2v) is 6.27. The molecule has 2 aliphatic rings. The summed E-state index contributed by atoms with van der Waals surface area (Å²) in [6.45, 7) is 5.20. The van der Waals surface area contributed by atoms with Gasteiger partial charge in [0, 0.05) is 38.3 Å². The first-order valence-electron chi connectivity index (χ1n) is 8.15. The van der Waals surface area contributed by atoms with Gasteiger partial charge < -0.3 is 9.42 Å². The van der Waals surface area contributed by atoms with Crippen LogP contribution in [0.25, 0.3) is 0 Å². The summed E-state index contributed by atoms with van der Waals surface area (Å²) in [6, 6.07) is 3.16. The number of aromatic nitrogens is 3. The molecule has 122 valence electrons. The van der Waals surface area contributed by atoms with Crippen LogP contribution >= 0.6 is 0 Å². The van der Waals surface area contributed by atoms with Crippen LogP contribution in [0.1, 0.15) is 43.4 Å². The van der Waals surface area contributed by atoms with Gasteiger partial charge in [0.1, 0.15) is 0 Å². The monoisotopic (exact) mass is 317 g/mol. The van der Waals surface area contributed by atoms with Crippen LogP contribution in [0.5, 0.6) is 0 Å². The second kappa shape index (κ2) is 5.88. The lowest BCUT2D eigenvalue weighted by Crippen LogP contribution is -2.47. The lowest BCUT2D eigenvalue weighted by atomic mass is 10.2. The number of halogens is 1. The largest absolute Gasteiger partial charge is 0.352 e. The smallest absolute Gasteiger partial charge is 0.243 e. The standard InChI is InChI=1S/C16H20FN5O/c1-11(16-19-14(20-23-16)12-4-5-12)21-7-9-22(10-8-21)15-13(17)3-2-6-18-15/h2-3,6,11-12H,4-5,7-10H2,1H3. The van der Waals surface area contributed by atoms with Crippen LogP contribution in [0.2, 0.25) is 0 Å². The Bertz CT molecular complexity index is 679. The molecule has 2 aromatic rings. The number of hydrogen-bond donors (Lipinski definition) is 0. The van der Waals surface area contributed by atoms with Gasteiger partial charge in [0.05, 0.1) is 6.04 Å². The molecule has 0 spiro atoms. The molecule has 1 unspecified atom stereocenters. The molecule has 6 nitrogen and oxygen atoms in total. The fourth-order valence-electron chi connectivity index (χ4n) is 3.01. The zero-order valence-corrected chi connectivity index (χ0v) is 13.2. The lowest BCUT2D eigenvalue weighted by molar-refractivity contribution is 0.163. The summed E-state index contributed by atoms with van der Waals surface area (Å²) < 4.78 is 19.3. The molecular weight excluding hydrogens is 297 g/mol. The summed E-state index contributed by atoms with van der Waals surface area (Å²) >= 11 is 0. The van der Waals surface area contributed by atoms with Crippen molar-refractivity contribution < 1.29 is 8.91 Å². The molecule has 1 aliphatic carbocycles. The molecule has 1 saturated carbocycles. The molecule has 1 saturated heterocycles. The van der Waals surface area contributed by atoms with Crippen LogP contribution in [0.15, 0.2) is 22.9 Å². The number of hydrogen-bond acceptors (Lipinski definition) is 6. The van der Waals surface area contributed by atoms with Gasteiger partial charge in [0.15, 0.2) is 17.5 Å². The molecular formula is C16H20FN5O.